The number of hydrogen-bond acceptors (Lipinski definition) is 3. The molecule has 1 saturated heterocycles. The number of quaternary nitrogens is 1. The van der Waals surface area contributed by atoms with Gasteiger partial charge in [-0.25, -0.2) is 0 Å². The Hall–Kier alpha value is -2.41. The van der Waals surface area contributed by atoms with Gasteiger partial charge >= 0.3 is 0 Å². The summed E-state index contributed by atoms with van der Waals surface area (Å²) in [5, 5.41) is 5.57. The summed E-state index contributed by atoms with van der Waals surface area (Å²) in [4.78, 5) is 39.5. The molecule has 2 rings (SSSR count). The van der Waals surface area contributed by atoms with E-state index >= 15 is 0 Å². The van der Waals surface area contributed by atoms with Gasteiger partial charge < -0.3 is 20.4 Å². The number of carbonyl (C=O) groups excluding carboxylic acids is 3. The van der Waals surface area contributed by atoms with E-state index in [1.54, 1.807) is 24.3 Å². The predicted octanol–water partition coefficient (Wildman–Crippen LogP) is 1.38. The van der Waals surface area contributed by atoms with Gasteiger partial charge in [0.05, 0.1) is 6.54 Å². The van der Waals surface area contributed by atoms with Gasteiger partial charge in [0.15, 0.2) is 12.6 Å². The molecule has 4 atom stereocenters. The van der Waals surface area contributed by atoms with Crippen molar-refractivity contribution in [3.63, 3.8) is 0 Å². The van der Waals surface area contributed by atoms with Crippen LogP contribution in [-0.4, -0.2) is 54.8 Å². The number of piperidine rings is 1. The minimum Gasteiger partial charge on any atom is -0.337 e. The van der Waals surface area contributed by atoms with Crippen molar-refractivity contribution in [3.05, 3.63) is 24.3 Å². The topological polar surface area (TPSA) is 83.0 Å². The van der Waals surface area contributed by atoms with Crippen molar-refractivity contribution in [2.45, 2.75) is 47.1 Å². The van der Waals surface area contributed by atoms with Gasteiger partial charge in [0.2, 0.25) is 5.91 Å². The van der Waals surface area contributed by atoms with Crippen LogP contribution in [0, 0.1) is 11.8 Å². The Morgan fingerprint density at radius 3 is 2.07 bits per heavy atom. The van der Waals surface area contributed by atoms with Crippen LogP contribution in [0.15, 0.2) is 24.3 Å². The number of benzene rings is 1. The minimum absolute atomic E-state index is 0.130. The van der Waals surface area contributed by atoms with E-state index in [2.05, 4.69) is 24.5 Å². The third-order valence-electron chi connectivity index (χ3n) is 5.49. The van der Waals surface area contributed by atoms with Crippen molar-refractivity contribution in [3.8, 4) is 0 Å². The van der Waals surface area contributed by atoms with Crippen LogP contribution < -0.4 is 15.5 Å². The quantitative estimate of drug-likeness (QED) is 0.643. The van der Waals surface area contributed by atoms with Gasteiger partial charge in [-0.15, -0.1) is 0 Å². The summed E-state index contributed by atoms with van der Waals surface area (Å²) in [6.07, 6.45) is 1.16. The number of hydrogen-bond donors (Lipinski definition) is 3. The number of likely N-dealkylation sites (tertiary alicyclic amines) is 1. The summed E-state index contributed by atoms with van der Waals surface area (Å²) in [5.41, 5.74) is 1.35. The standard InChI is InChI=1S/C22H34N4O3/c1-6-25(17(4)22(29)26-12-15(2)11-16(3)13-26)14-21(28)24-20-9-7-19(8-10-20)23-18(5)27/h7-10,15-17H,6,11-14H2,1-5H3,(H,23,27)(H,24,28)/p+1/t15-,16+,17-/m0/s1. The van der Waals surface area contributed by atoms with Gasteiger partial charge in [-0.1, -0.05) is 13.8 Å². The van der Waals surface area contributed by atoms with Gasteiger partial charge in [0, 0.05) is 31.4 Å². The summed E-state index contributed by atoms with van der Waals surface area (Å²) in [7, 11) is 0. The molecule has 1 fully saturated rings. The second-order valence-corrected chi connectivity index (χ2v) is 8.41. The molecule has 1 unspecified atom stereocenters. The molecule has 0 aliphatic carbocycles. The summed E-state index contributed by atoms with van der Waals surface area (Å²) in [6, 6.07) is 6.73. The molecule has 1 aromatic carbocycles. The second-order valence-electron chi connectivity index (χ2n) is 8.41. The van der Waals surface area contributed by atoms with Crippen molar-refractivity contribution < 1.29 is 19.3 Å². The molecule has 3 N–H and O–H groups in total. The van der Waals surface area contributed by atoms with Crippen LogP contribution in [0.5, 0.6) is 0 Å². The fourth-order valence-corrected chi connectivity index (χ4v) is 4.13. The molecule has 7 nitrogen and oxygen atoms in total. The van der Waals surface area contributed by atoms with E-state index in [0.29, 0.717) is 29.8 Å². The van der Waals surface area contributed by atoms with Crippen LogP contribution in [0.2, 0.25) is 0 Å². The van der Waals surface area contributed by atoms with Crippen molar-refractivity contribution in [2.24, 2.45) is 11.8 Å². The molecule has 0 bridgehead atoms. The smallest absolute Gasteiger partial charge is 0.280 e. The number of amides is 3. The molecule has 1 aromatic rings. The Morgan fingerprint density at radius 2 is 1.59 bits per heavy atom. The lowest BCUT2D eigenvalue weighted by Gasteiger charge is -2.37. The fourth-order valence-electron chi connectivity index (χ4n) is 4.13. The minimum atomic E-state index is -0.259. The first kappa shape index (κ1) is 22.9. The lowest BCUT2D eigenvalue weighted by molar-refractivity contribution is -0.904. The highest BCUT2D eigenvalue weighted by Crippen LogP contribution is 2.21. The number of carbonyl (C=O) groups is 3. The van der Waals surface area contributed by atoms with Crippen LogP contribution >= 0.6 is 0 Å². The first-order valence-corrected chi connectivity index (χ1v) is 10.5. The largest absolute Gasteiger partial charge is 0.337 e. The van der Waals surface area contributed by atoms with Crippen molar-refractivity contribution in [2.75, 3.05) is 36.8 Å². The maximum Gasteiger partial charge on any atom is 0.280 e. The predicted molar refractivity (Wildman–Crippen MR) is 115 cm³/mol. The lowest BCUT2D eigenvalue weighted by atomic mass is 9.91. The fraction of sp³-hybridized carbons (Fsp3) is 0.591. The molecular weight excluding hydrogens is 368 g/mol. The van der Waals surface area contributed by atoms with E-state index in [0.717, 1.165) is 24.4 Å². The Kier molecular flexibility index (Phi) is 8.20. The molecule has 0 spiro atoms. The number of anilines is 2. The third-order valence-corrected chi connectivity index (χ3v) is 5.49. The second kappa shape index (κ2) is 10.4. The van der Waals surface area contributed by atoms with Crippen molar-refractivity contribution >= 4 is 29.1 Å². The van der Waals surface area contributed by atoms with Crippen LogP contribution in [0.25, 0.3) is 0 Å². The summed E-state index contributed by atoms with van der Waals surface area (Å²) in [6.45, 7) is 12.3. The molecule has 7 heteroatoms. The van der Waals surface area contributed by atoms with Gasteiger partial charge in [0.25, 0.3) is 11.8 Å². The Morgan fingerprint density at radius 1 is 1.07 bits per heavy atom. The van der Waals surface area contributed by atoms with E-state index in [1.807, 2.05) is 18.7 Å². The summed E-state index contributed by atoms with van der Waals surface area (Å²) < 4.78 is 0. The number of nitrogens with one attached hydrogen (secondary N) is 3. The van der Waals surface area contributed by atoms with Gasteiger partial charge in [-0.2, -0.15) is 0 Å². The number of rotatable bonds is 7. The Labute approximate surface area is 173 Å². The molecule has 1 heterocycles. The molecule has 160 valence electrons. The molecular formula is C22H35N4O3+. The first-order chi connectivity index (χ1) is 13.7. The van der Waals surface area contributed by atoms with E-state index in [1.165, 1.54) is 6.92 Å². The van der Waals surface area contributed by atoms with Gasteiger partial charge in [-0.3, -0.25) is 14.4 Å². The maximum atomic E-state index is 13.0. The average Bonchev–Trinajstić information content (AvgIpc) is 2.65. The normalized spacial score (nSPS) is 21.2. The lowest BCUT2D eigenvalue weighted by Crippen LogP contribution is -3.17. The Bertz CT molecular complexity index is 709. The highest BCUT2D eigenvalue weighted by atomic mass is 16.2. The monoisotopic (exact) mass is 403 g/mol. The first-order valence-electron chi connectivity index (χ1n) is 10.5. The van der Waals surface area contributed by atoms with E-state index in [-0.39, 0.29) is 30.3 Å². The Balaban J connectivity index is 1.92. The highest BCUT2D eigenvalue weighted by Gasteiger charge is 2.33. The summed E-state index contributed by atoms with van der Waals surface area (Å²) in [5.74, 6) is 0.898. The van der Waals surface area contributed by atoms with Crippen LogP contribution in [0.3, 0.4) is 0 Å². The molecule has 0 saturated carbocycles. The zero-order chi connectivity index (χ0) is 21.6. The van der Waals surface area contributed by atoms with E-state index in [4.69, 9.17) is 0 Å². The molecule has 1 aliphatic rings. The molecule has 3 amide bonds. The molecule has 29 heavy (non-hydrogen) atoms. The molecule has 0 radical (unpaired) electrons. The van der Waals surface area contributed by atoms with Crippen LogP contribution in [0.1, 0.15) is 41.0 Å². The van der Waals surface area contributed by atoms with Crippen molar-refractivity contribution in [1.29, 1.82) is 0 Å². The van der Waals surface area contributed by atoms with Crippen LogP contribution in [0.4, 0.5) is 11.4 Å². The summed E-state index contributed by atoms with van der Waals surface area (Å²) >= 11 is 0. The maximum absolute atomic E-state index is 13.0. The number of likely N-dealkylation sites (N-methyl/N-ethyl adjacent to an activating group) is 1. The zero-order valence-electron chi connectivity index (χ0n) is 18.2. The highest BCUT2D eigenvalue weighted by molar-refractivity contribution is 5.93. The third kappa shape index (κ3) is 6.85. The van der Waals surface area contributed by atoms with Crippen molar-refractivity contribution in [1.82, 2.24) is 4.90 Å². The van der Waals surface area contributed by atoms with Crippen LogP contribution in [-0.2, 0) is 14.4 Å². The number of nitrogens with zero attached hydrogens (tertiary/aromatic N) is 1. The SMILES string of the molecule is CC[NH+](CC(=O)Nc1ccc(NC(C)=O)cc1)[C@@H](C)C(=O)N1C[C@H](C)C[C@H](C)C1. The molecule has 1 aliphatic heterocycles. The van der Waals surface area contributed by atoms with Gasteiger partial charge in [0.1, 0.15) is 0 Å². The van der Waals surface area contributed by atoms with E-state index < -0.39 is 0 Å². The molecule has 0 aromatic heterocycles. The van der Waals surface area contributed by atoms with Gasteiger partial charge in [-0.05, 0) is 56.4 Å². The zero-order valence-corrected chi connectivity index (χ0v) is 18.2. The average molecular weight is 404 g/mol. The van der Waals surface area contributed by atoms with E-state index in [9.17, 15) is 14.4 Å².